The van der Waals surface area contributed by atoms with Crippen LogP contribution in [0.2, 0.25) is 0 Å². The highest BCUT2D eigenvalue weighted by Crippen LogP contribution is 1.73. The van der Waals surface area contributed by atoms with Crippen molar-refractivity contribution < 1.29 is 5.11 Å². The molecule has 1 N–H and O–H groups in total. The van der Waals surface area contributed by atoms with Crippen molar-refractivity contribution in [1.82, 2.24) is 9.88 Å². The minimum atomic E-state index is 0.257. The number of aliphatic hydroxyl groups is 1. The van der Waals surface area contributed by atoms with Crippen LogP contribution < -0.4 is 0 Å². The highest BCUT2D eigenvalue weighted by Gasteiger charge is 1.80. The van der Waals surface area contributed by atoms with Gasteiger partial charge in [-0.15, -0.1) is 0 Å². The smallest absolute Gasteiger partial charge is 0.0558 e. The average Bonchev–Trinajstić information content (AvgIpc) is 2.24. The van der Waals surface area contributed by atoms with Crippen LogP contribution in [0, 0.1) is 0 Å². The Labute approximate surface area is 87.4 Å². The molecule has 0 aliphatic heterocycles. The van der Waals surface area contributed by atoms with Crippen molar-refractivity contribution in [2.75, 3.05) is 27.2 Å². The SMILES string of the molecule is CC.CN(C)CCO.c1ccncc1. The van der Waals surface area contributed by atoms with Gasteiger partial charge in [-0.1, -0.05) is 19.9 Å². The van der Waals surface area contributed by atoms with Crippen molar-refractivity contribution in [3.8, 4) is 0 Å². The first-order chi connectivity index (χ1) is 6.77. The Kier molecular flexibility index (Phi) is 16.2. The minimum absolute atomic E-state index is 0.257. The molecule has 1 rings (SSSR count). The summed E-state index contributed by atoms with van der Waals surface area (Å²) < 4.78 is 0. The Hall–Kier alpha value is -0.930. The lowest BCUT2D eigenvalue weighted by atomic mass is 10.5. The van der Waals surface area contributed by atoms with Crippen LogP contribution in [0.5, 0.6) is 0 Å². The lowest BCUT2D eigenvalue weighted by molar-refractivity contribution is 0.243. The molecule has 3 nitrogen and oxygen atoms in total. The van der Waals surface area contributed by atoms with Crippen LogP contribution in [0.15, 0.2) is 30.6 Å². The van der Waals surface area contributed by atoms with Gasteiger partial charge in [0.05, 0.1) is 6.61 Å². The molecule has 1 aromatic heterocycles. The zero-order chi connectivity index (χ0) is 11.2. The van der Waals surface area contributed by atoms with E-state index in [0.29, 0.717) is 0 Å². The second-order valence-electron chi connectivity index (χ2n) is 2.55. The number of nitrogens with zero attached hydrogens (tertiary/aromatic N) is 2. The van der Waals surface area contributed by atoms with Gasteiger partial charge >= 0.3 is 0 Å². The summed E-state index contributed by atoms with van der Waals surface area (Å²) in [6, 6.07) is 5.72. The third kappa shape index (κ3) is 17.2. The molecule has 0 aliphatic carbocycles. The zero-order valence-corrected chi connectivity index (χ0v) is 9.64. The van der Waals surface area contributed by atoms with Crippen molar-refractivity contribution in [3.63, 3.8) is 0 Å². The maximum atomic E-state index is 8.20. The number of aliphatic hydroxyl groups excluding tert-OH is 1. The highest BCUT2D eigenvalue weighted by atomic mass is 16.3. The Morgan fingerprint density at radius 3 is 1.64 bits per heavy atom. The van der Waals surface area contributed by atoms with E-state index in [9.17, 15) is 0 Å². The number of pyridine rings is 1. The molecule has 0 saturated heterocycles. The maximum absolute atomic E-state index is 8.20. The molecule has 82 valence electrons. The van der Waals surface area contributed by atoms with Gasteiger partial charge in [0.2, 0.25) is 0 Å². The molecule has 14 heavy (non-hydrogen) atoms. The molecule has 0 radical (unpaired) electrons. The molecule has 0 atom stereocenters. The molecule has 0 bridgehead atoms. The first-order valence-electron chi connectivity index (χ1n) is 4.88. The van der Waals surface area contributed by atoms with Crippen molar-refractivity contribution >= 4 is 0 Å². The van der Waals surface area contributed by atoms with Crippen LogP contribution in [0.3, 0.4) is 0 Å². The fourth-order valence-corrected chi connectivity index (χ4v) is 0.513. The van der Waals surface area contributed by atoms with Crippen LogP contribution >= 0.6 is 0 Å². The quantitative estimate of drug-likeness (QED) is 0.785. The fraction of sp³-hybridized carbons (Fsp3) is 0.545. The van der Waals surface area contributed by atoms with E-state index in [1.165, 1.54) is 0 Å². The standard InChI is InChI=1S/C5H5N.C4H11NO.C2H6/c1-2-4-6-5-3-1;1-5(2)3-4-6;1-2/h1-5H;6H,3-4H2,1-2H3;1-2H3. The Morgan fingerprint density at radius 2 is 1.57 bits per heavy atom. The number of hydrogen-bond donors (Lipinski definition) is 1. The van der Waals surface area contributed by atoms with Crippen molar-refractivity contribution in [3.05, 3.63) is 30.6 Å². The molecule has 0 aliphatic rings. The molecule has 0 spiro atoms. The van der Waals surface area contributed by atoms with Gasteiger partial charge in [-0.3, -0.25) is 4.98 Å². The molecular formula is C11H22N2O. The average molecular weight is 198 g/mol. The second kappa shape index (κ2) is 14.6. The number of hydrogen-bond acceptors (Lipinski definition) is 3. The molecule has 1 heterocycles. The van der Waals surface area contributed by atoms with Gasteiger partial charge in [0.1, 0.15) is 0 Å². The van der Waals surface area contributed by atoms with E-state index in [-0.39, 0.29) is 6.61 Å². The van der Waals surface area contributed by atoms with E-state index in [1.807, 2.05) is 51.0 Å². The third-order valence-corrected chi connectivity index (χ3v) is 1.11. The van der Waals surface area contributed by atoms with Crippen LogP contribution in [-0.4, -0.2) is 42.2 Å². The molecule has 1 aromatic rings. The molecule has 0 unspecified atom stereocenters. The lowest BCUT2D eigenvalue weighted by Crippen LogP contribution is -2.15. The zero-order valence-electron chi connectivity index (χ0n) is 9.64. The second-order valence-corrected chi connectivity index (χ2v) is 2.55. The number of rotatable bonds is 2. The Bertz CT molecular complexity index is 139. The summed E-state index contributed by atoms with van der Waals surface area (Å²) in [5, 5.41) is 8.20. The van der Waals surface area contributed by atoms with Gasteiger partial charge < -0.3 is 10.0 Å². The number of likely N-dealkylation sites (N-methyl/N-ethyl adjacent to an activating group) is 1. The van der Waals surface area contributed by atoms with E-state index >= 15 is 0 Å². The molecular weight excluding hydrogens is 176 g/mol. The van der Waals surface area contributed by atoms with Crippen LogP contribution in [0.4, 0.5) is 0 Å². The van der Waals surface area contributed by atoms with Crippen LogP contribution in [0.25, 0.3) is 0 Å². The Morgan fingerprint density at radius 1 is 1.07 bits per heavy atom. The van der Waals surface area contributed by atoms with Crippen molar-refractivity contribution in [2.45, 2.75) is 13.8 Å². The monoisotopic (exact) mass is 198 g/mol. The van der Waals surface area contributed by atoms with Gasteiger partial charge in [-0.2, -0.15) is 0 Å². The highest BCUT2D eigenvalue weighted by molar-refractivity contribution is 4.88. The summed E-state index contributed by atoms with van der Waals surface area (Å²) in [6.07, 6.45) is 3.50. The summed E-state index contributed by atoms with van der Waals surface area (Å²) in [7, 11) is 3.85. The van der Waals surface area contributed by atoms with Crippen LogP contribution in [0.1, 0.15) is 13.8 Å². The normalized spacial score (nSPS) is 8.14. The largest absolute Gasteiger partial charge is 0.395 e. The van der Waals surface area contributed by atoms with Crippen molar-refractivity contribution in [1.29, 1.82) is 0 Å². The van der Waals surface area contributed by atoms with E-state index < -0.39 is 0 Å². The van der Waals surface area contributed by atoms with Gasteiger partial charge in [0.25, 0.3) is 0 Å². The molecule has 3 heteroatoms. The van der Waals surface area contributed by atoms with E-state index in [4.69, 9.17) is 5.11 Å². The predicted octanol–water partition coefficient (Wildman–Crippen LogP) is 1.65. The summed E-state index contributed by atoms with van der Waals surface area (Å²) >= 11 is 0. The third-order valence-electron chi connectivity index (χ3n) is 1.11. The molecule has 0 fully saturated rings. The molecule has 0 saturated carbocycles. The van der Waals surface area contributed by atoms with E-state index in [1.54, 1.807) is 12.4 Å². The Balaban J connectivity index is 0. The fourth-order valence-electron chi connectivity index (χ4n) is 0.513. The van der Waals surface area contributed by atoms with Gasteiger partial charge in [-0.05, 0) is 26.2 Å². The summed E-state index contributed by atoms with van der Waals surface area (Å²) in [5.41, 5.74) is 0. The van der Waals surface area contributed by atoms with Gasteiger partial charge in [-0.25, -0.2) is 0 Å². The lowest BCUT2D eigenvalue weighted by Gasteiger charge is -2.03. The topological polar surface area (TPSA) is 36.4 Å². The van der Waals surface area contributed by atoms with Gasteiger partial charge in [0, 0.05) is 18.9 Å². The van der Waals surface area contributed by atoms with Gasteiger partial charge in [0.15, 0.2) is 0 Å². The summed E-state index contributed by atoms with van der Waals surface area (Å²) in [4.78, 5) is 5.72. The first-order valence-corrected chi connectivity index (χ1v) is 4.88. The van der Waals surface area contributed by atoms with E-state index in [0.717, 1.165) is 6.54 Å². The van der Waals surface area contributed by atoms with Crippen molar-refractivity contribution in [2.24, 2.45) is 0 Å². The number of aromatic nitrogens is 1. The van der Waals surface area contributed by atoms with E-state index in [2.05, 4.69) is 4.98 Å². The summed E-state index contributed by atoms with van der Waals surface area (Å²) in [5.74, 6) is 0. The maximum Gasteiger partial charge on any atom is 0.0558 e. The molecule has 0 amide bonds. The van der Waals surface area contributed by atoms with Crippen LogP contribution in [-0.2, 0) is 0 Å². The first kappa shape index (κ1) is 15.5. The predicted molar refractivity (Wildman–Crippen MR) is 61.2 cm³/mol. The summed E-state index contributed by atoms with van der Waals surface area (Å²) in [6.45, 7) is 5.02. The minimum Gasteiger partial charge on any atom is -0.395 e. The molecule has 0 aromatic carbocycles.